The first-order valence-electron chi connectivity index (χ1n) is 10.7. The summed E-state index contributed by atoms with van der Waals surface area (Å²) in [6.07, 6.45) is 0. The average Bonchev–Trinajstić information content (AvgIpc) is 2.88. The van der Waals surface area contributed by atoms with E-state index in [1.165, 1.54) is 36.4 Å². The molecule has 0 aromatic heterocycles. The Morgan fingerprint density at radius 2 is 0.703 bits per heavy atom. The second-order valence-corrected chi connectivity index (χ2v) is 7.89. The van der Waals surface area contributed by atoms with E-state index in [2.05, 4.69) is 0 Å². The standard InChI is InChI=1S/C28H18O9/c29-25(30)21-11-5-17(13-23(21)27(33)34)15-1-7-19(8-2-15)37-20-9-3-16(4-10-20)18-6-12-22(26(31)32)24(14-18)28(35)36/h1-14H,(H,29,30)(H,31,32)(H,33,34)(H,35,36). The average molecular weight is 498 g/mol. The van der Waals surface area contributed by atoms with Gasteiger partial charge in [-0.05, 0) is 70.8 Å². The van der Waals surface area contributed by atoms with Crippen molar-refractivity contribution in [2.45, 2.75) is 0 Å². The van der Waals surface area contributed by atoms with Crippen LogP contribution in [0.25, 0.3) is 22.3 Å². The van der Waals surface area contributed by atoms with Crippen molar-refractivity contribution < 1.29 is 44.3 Å². The van der Waals surface area contributed by atoms with Crippen molar-refractivity contribution in [1.82, 2.24) is 0 Å². The lowest BCUT2D eigenvalue weighted by Crippen LogP contribution is -2.08. The third-order valence-corrected chi connectivity index (χ3v) is 5.57. The molecule has 0 saturated heterocycles. The summed E-state index contributed by atoms with van der Waals surface area (Å²) in [7, 11) is 0. The quantitative estimate of drug-likeness (QED) is 0.242. The van der Waals surface area contributed by atoms with Crippen LogP contribution in [-0.4, -0.2) is 44.3 Å². The highest BCUT2D eigenvalue weighted by atomic mass is 16.5. The van der Waals surface area contributed by atoms with E-state index >= 15 is 0 Å². The predicted octanol–water partition coefficient (Wildman–Crippen LogP) is 5.61. The van der Waals surface area contributed by atoms with Gasteiger partial charge in [-0.15, -0.1) is 0 Å². The number of benzene rings is 4. The Labute approximate surface area is 209 Å². The molecule has 9 heteroatoms. The minimum absolute atomic E-state index is 0.295. The molecule has 0 aliphatic carbocycles. The van der Waals surface area contributed by atoms with E-state index in [1.807, 2.05) is 0 Å². The van der Waals surface area contributed by atoms with Crippen LogP contribution >= 0.6 is 0 Å². The van der Waals surface area contributed by atoms with Crippen molar-refractivity contribution in [3.05, 3.63) is 107 Å². The molecule has 0 fully saturated rings. The summed E-state index contributed by atoms with van der Waals surface area (Å²) >= 11 is 0. The van der Waals surface area contributed by atoms with Crippen molar-refractivity contribution in [2.75, 3.05) is 0 Å². The molecule has 4 rings (SSSR count). The van der Waals surface area contributed by atoms with E-state index in [0.717, 1.165) is 0 Å². The molecule has 4 aromatic carbocycles. The molecular formula is C28H18O9. The molecule has 0 unspecified atom stereocenters. The van der Waals surface area contributed by atoms with E-state index in [9.17, 15) is 39.6 Å². The molecule has 0 spiro atoms. The molecule has 4 N–H and O–H groups in total. The summed E-state index contributed by atoms with van der Waals surface area (Å²) in [5.74, 6) is -4.32. The summed E-state index contributed by atoms with van der Waals surface area (Å²) in [5, 5.41) is 37.0. The maximum atomic E-state index is 11.4. The van der Waals surface area contributed by atoms with Gasteiger partial charge in [0.25, 0.3) is 0 Å². The van der Waals surface area contributed by atoms with Crippen LogP contribution in [0.5, 0.6) is 11.5 Å². The lowest BCUT2D eigenvalue weighted by molar-refractivity contribution is 0.0651. The molecule has 0 amide bonds. The van der Waals surface area contributed by atoms with Crippen molar-refractivity contribution in [3.63, 3.8) is 0 Å². The highest BCUT2D eigenvalue weighted by Gasteiger charge is 2.18. The van der Waals surface area contributed by atoms with Crippen molar-refractivity contribution in [1.29, 1.82) is 0 Å². The lowest BCUT2D eigenvalue weighted by atomic mass is 9.99. The zero-order valence-electron chi connectivity index (χ0n) is 18.9. The van der Waals surface area contributed by atoms with Gasteiger partial charge in [-0.3, -0.25) is 0 Å². The number of ether oxygens (including phenoxy) is 1. The molecule has 0 heterocycles. The Morgan fingerprint density at radius 1 is 0.405 bits per heavy atom. The van der Waals surface area contributed by atoms with E-state index < -0.39 is 23.9 Å². The first-order valence-corrected chi connectivity index (χ1v) is 10.7. The monoisotopic (exact) mass is 498 g/mol. The molecule has 4 aromatic rings. The number of hydrogen-bond acceptors (Lipinski definition) is 5. The molecule has 0 radical (unpaired) electrons. The van der Waals surface area contributed by atoms with Gasteiger partial charge in [0.2, 0.25) is 0 Å². The molecule has 0 bridgehead atoms. The van der Waals surface area contributed by atoms with Crippen LogP contribution in [0.2, 0.25) is 0 Å². The summed E-state index contributed by atoms with van der Waals surface area (Å²) in [4.78, 5) is 45.4. The summed E-state index contributed by atoms with van der Waals surface area (Å²) in [6.45, 7) is 0. The minimum Gasteiger partial charge on any atom is -0.478 e. The van der Waals surface area contributed by atoms with Crippen molar-refractivity contribution in [2.24, 2.45) is 0 Å². The molecular weight excluding hydrogens is 480 g/mol. The van der Waals surface area contributed by atoms with Crippen molar-refractivity contribution in [3.8, 4) is 33.8 Å². The van der Waals surface area contributed by atoms with Gasteiger partial charge >= 0.3 is 23.9 Å². The molecule has 184 valence electrons. The van der Waals surface area contributed by atoms with Crippen LogP contribution in [0.3, 0.4) is 0 Å². The predicted molar refractivity (Wildman–Crippen MR) is 132 cm³/mol. The van der Waals surface area contributed by atoms with Crippen LogP contribution in [0.4, 0.5) is 0 Å². The first kappa shape index (κ1) is 24.7. The fourth-order valence-electron chi connectivity index (χ4n) is 3.74. The number of hydrogen-bond donors (Lipinski definition) is 4. The molecule has 9 nitrogen and oxygen atoms in total. The van der Waals surface area contributed by atoms with Gasteiger partial charge in [-0.2, -0.15) is 0 Å². The Hall–Kier alpha value is -5.44. The molecule has 0 atom stereocenters. The van der Waals surface area contributed by atoms with Gasteiger partial charge in [0, 0.05) is 0 Å². The highest BCUT2D eigenvalue weighted by Crippen LogP contribution is 2.30. The molecule has 37 heavy (non-hydrogen) atoms. The third kappa shape index (κ3) is 5.30. The van der Waals surface area contributed by atoms with Crippen molar-refractivity contribution >= 4 is 23.9 Å². The van der Waals surface area contributed by atoms with Crippen LogP contribution in [0, 0.1) is 0 Å². The second-order valence-electron chi connectivity index (χ2n) is 7.89. The number of carboxylic acids is 4. The van der Waals surface area contributed by atoms with Crippen LogP contribution in [0.15, 0.2) is 84.9 Å². The smallest absolute Gasteiger partial charge is 0.336 e. The maximum Gasteiger partial charge on any atom is 0.336 e. The molecule has 0 aliphatic rings. The van der Waals surface area contributed by atoms with Gasteiger partial charge in [-0.25, -0.2) is 19.2 Å². The van der Waals surface area contributed by atoms with Gasteiger partial charge in [0.1, 0.15) is 11.5 Å². The van der Waals surface area contributed by atoms with Gasteiger partial charge in [0.05, 0.1) is 22.3 Å². The Balaban J connectivity index is 1.52. The summed E-state index contributed by atoms with van der Waals surface area (Å²) in [6, 6.07) is 21.7. The first-order chi connectivity index (χ1) is 17.6. The minimum atomic E-state index is -1.33. The van der Waals surface area contributed by atoms with Gasteiger partial charge in [-0.1, -0.05) is 36.4 Å². The van der Waals surface area contributed by atoms with Crippen LogP contribution < -0.4 is 4.74 Å². The number of aromatic carboxylic acids is 4. The number of carboxylic acid groups (broad SMARTS) is 4. The topological polar surface area (TPSA) is 158 Å². The van der Waals surface area contributed by atoms with Crippen LogP contribution in [0.1, 0.15) is 41.4 Å². The number of carbonyl (C=O) groups is 4. The summed E-state index contributed by atoms with van der Waals surface area (Å²) in [5.41, 5.74) is 1.20. The van der Waals surface area contributed by atoms with E-state index in [1.54, 1.807) is 48.5 Å². The van der Waals surface area contributed by atoms with Gasteiger partial charge in [0.15, 0.2) is 0 Å². The van der Waals surface area contributed by atoms with Gasteiger partial charge < -0.3 is 25.2 Å². The normalized spacial score (nSPS) is 10.5. The Bertz CT molecular complexity index is 1420. The number of rotatable bonds is 8. The zero-order valence-corrected chi connectivity index (χ0v) is 18.9. The fraction of sp³-hybridized carbons (Fsp3) is 0. The fourth-order valence-corrected chi connectivity index (χ4v) is 3.74. The van der Waals surface area contributed by atoms with E-state index in [4.69, 9.17) is 4.74 Å². The molecule has 0 saturated carbocycles. The zero-order chi connectivity index (χ0) is 26.7. The third-order valence-electron chi connectivity index (χ3n) is 5.57. The largest absolute Gasteiger partial charge is 0.478 e. The van der Waals surface area contributed by atoms with Crippen LogP contribution in [-0.2, 0) is 0 Å². The molecule has 0 aliphatic heterocycles. The Morgan fingerprint density at radius 3 is 1.00 bits per heavy atom. The van der Waals surface area contributed by atoms with E-state index in [-0.39, 0.29) is 22.3 Å². The highest BCUT2D eigenvalue weighted by molar-refractivity contribution is 6.03. The maximum absolute atomic E-state index is 11.4. The van der Waals surface area contributed by atoms with E-state index in [0.29, 0.717) is 33.8 Å². The second kappa shape index (κ2) is 10.0. The summed E-state index contributed by atoms with van der Waals surface area (Å²) < 4.78 is 5.84. The SMILES string of the molecule is O=C(O)c1ccc(-c2ccc(Oc3ccc(-c4ccc(C(=O)O)c(C(=O)O)c4)cc3)cc2)cc1C(=O)O. The lowest BCUT2D eigenvalue weighted by Gasteiger charge is -2.10. The Kier molecular flexibility index (Phi) is 6.70.